The van der Waals surface area contributed by atoms with Gasteiger partial charge in [0.25, 0.3) is 0 Å². The third kappa shape index (κ3) is 4.42. The number of benzene rings is 2. The maximum atomic E-state index is 9.25. The van der Waals surface area contributed by atoms with Crippen molar-refractivity contribution in [1.29, 1.82) is 10.5 Å². The van der Waals surface area contributed by atoms with Gasteiger partial charge in [-0.3, -0.25) is 0 Å². The van der Waals surface area contributed by atoms with Crippen LogP contribution < -0.4 is 0 Å². The minimum atomic E-state index is -1.66. The van der Waals surface area contributed by atoms with Crippen LogP contribution in [0.4, 0.5) is 0 Å². The van der Waals surface area contributed by atoms with Gasteiger partial charge in [-0.2, -0.15) is 10.5 Å². The van der Waals surface area contributed by atoms with Crippen molar-refractivity contribution in [2.75, 3.05) is 12.3 Å². The molecule has 0 unspecified atom stereocenters. The third-order valence-electron chi connectivity index (χ3n) is 3.53. The fourth-order valence-corrected chi connectivity index (χ4v) is 5.82. The first-order valence-corrected chi connectivity index (χ1v) is 9.48. The molecule has 0 aliphatic rings. The zero-order chi connectivity index (χ0) is 15.0. The van der Waals surface area contributed by atoms with E-state index < -0.39 is 7.26 Å². The van der Waals surface area contributed by atoms with Crippen molar-refractivity contribution in [2.45, 2.75) is 12.3 Å². The summed E-state index contributed by atoms with van der Waals surface area (Å²) in [5, 5.41) is 18.5. The molecule has 104 valence electrons. The van der Waals surface area contributed by atoms with Crippen LogP contribution >= 0.6 is 7.26 Å². The Hall–Kier alpha value is -2.15. The molecule has 0 aliphatic carbocycles. The van der Waals surface area contributed by atoms with E-state index >= 15 is 0 Å². The standard InChI is InChI=1S/C18H18N2P/c19-11-13-21(14-12-20,15-17-7-3-1-4-8-17)16-18-9-5-2-6-10-18/h1-10H,13-16H2/q+1. The van der Waals surface area contributed by atoms with Gasteiger partial charge in [0.1, 0.15) is 24.5 Å². The number of rotatable bonds is 6. The lowest BCUT2D eigenvalue weighted by molar-refractivity contribution is 1.25. The first kappa shape index (κ1) is 15.2. The van der Waals surface area contributed by atoms with Crippen molar-refractivity contribution in [1.82, 2.24) is 0 Å². The van der Waals surface area contributed by atoms with Crippen molar-refractivity contribution in [3.63, 3.8) is 0 Å². The Balaban J connectivity index is 2.29. The molecule has 0 saturated heterocycles. The fourth-order valence-electron chi connectivity index (χ4n) is 2.58. The number of hydrogen-bond donors (Lipinski definition) is 0. The lowest BCUT2D eigenvalue weighted by Gasteiger charge is -2.23. The van der Waals surface area contributed by atoms with Gasteiger partial charge >= 0.3 is 0 Å². The summed E-state index contributed by atoms with van der Waals surface area (Å²) in [4.78, 5) is 0. The molecular weight excluding hydrogens is 275 g/mol. The van der Waals surface area contributed by atoms with Gasteiger partial charge in [0, 0.05) is 0 Å². The van der Waals surface area contributed by atoms with Gasteiger partial charge in [0.05, 0.1) is 19.6 Å². The zero-order valence-electron chi connectivity index (χ0n) is 11.9. The summed E-state index contributed by atoms with van der Waals surface area (Å²) in [5.74, 6) is 0. The summed E-state index contributed by atoms with van der Waals surface area (Å²) < 4.78 is 0. The van der Waals surface area contributed by atoms with Gasteiger partial charge in [0.15, 0.2) is 0 Å². The molecule has 0 aromatic heterocycles. The van der Waals surface area contributed by atoms with Gasteiger partial charge in [0.2, 0.25) is 0 Å². The second kappa shape index (κ2) is 7.58. The first-order valence-electron chi connectivity index (χ1n) is 6.95. The molecule has 0 radical (unpaired) electrons. The fraction of sp³-hybridized carbons (Fsp3) is 0.222. The smallest absolute Gasteiger partial charge is 0.146 e. The van der Waals surface area contributed by atoms with Gasteiger partial charge in [-0.25, -0.2) is 0 Å². The summed E-state index contributed by atoms with van der Waals surface area (Å²) in [6.45, 7) is 0. The summed E-state index contributed by atoms with van der Waals surface area (Å²) in [7, 11) is -1.66. The molecule has 2 aromatic carbocycles. The molecule has 0 amide bonds. The summed E-state index contributed by atoms with van der Waals surface area (Å²) in [6.07, 6.45) is 2.74. The highest BCUT2D eigenvalue weighted by Crippen LogP contribution is 2.63. The SMILES string of the molecule is N#CC[P+](CC#N)(Cc1ccccc1)Cc1ccccc1. The second-order valence-electron chi connectivity index (χ2n) is 5.26. The second-order valence-corrected chi connectivity index (χ2v) is 9.21. The van der Waals surface area contributed by atoms with Crippen molar-refractivity contribution in [3.05, 3.63) is 71.8 Å². The molecule has 0 saturated carbocycles. The molecule has 0 N–H and O–H groups in total. The van der Waals surface area contributed by atoms with Crippen molar-refractivity contribution >= 4 is 7.26 Å². The van der Waals surface area contributed by atoms with E-state index in [4.69, 9.17) is 0 Å². The zero-order valence-corrected chi connectivity index (χ0v) is 12.8. The Morgan fingerprint density at radius 1 is 0.667 bits per heavy atom. The van der Waals surface area contributed by atoms with E-state index in [2.05, 4.69) is 36.4 Å². The normalized spacial score (nSPS) is 10.6. The maximum Gasteiger partial charge on any atom is 0.146 e. The Labute approximate surface area is 127 Å². The Morgan fingerprint density at radius 2 is 1.05 bits per heavy atom. The Kier molecular flexibility index (Phi) is 5.51. The van der Waals surface area contributed by atoms with Crippen molar-refractivity contribution in [3.8, 4) is 12.1 Å². The van der Waals surface area contributed by atoms with E-state index in [0.717, 1.165) is 12.3 Å². The van der Waals surface area contributed by atoms with E-state index in [1.807, 2.05) is 36.4 Å². The Bertz CT molecular complexity index is 579. The maximum absolute atomic E-state index is 9.25. The molecule has 2 aromatic rings. The van der Waals surface area contributed by atoms with Crippen LogP contribution in [0.15, 0.2) is 60.7 Å². The molecule has 2 rings (SSSR count). The van der Waals surface area contributed by atoms with Crippen molar-refractivity contribution < 1.29 is 0 Å². The predicted molar refractivity (Wildman–Crippen MR) is 88.2 cm³/mol. The first-order chi connectivity index (χ1) is 10.3. The van der Waals surface area contributed by atoms with E-state index in [0.29, 0.717) is 12.3 Å². The third-order valence-corrected chi connectivity index (χ3v) is 7.23. The van der Waals surface area contributed by atoms with E-state index in [9.17, 15) is 10.5 Å². The van der Waals surface area contributed by atoms with Crippen LogP contribution in [0.3, 0.4) is 0 Å². The topological polar surface area (TPSA) is 47.6 Å². The highest BCUT2D eigenvalue weighted by atomic mass is 31.2. The summed E-state index contributed by atoms with van der Waals surface area (Å²) in [6, 6.07) is 25.1. The highest BCUT2D eigenvalue weighted by Gasteiger charge is 2.37. The molecular formula is C18H18N2P+. The summed E-state index contributed by atoms with van der Waals surface area (Å²) in [5.41, 5.74) is 2.46. The summed E-state index contributed by atoms with van der Waals surface area (Å²) >= 11 is 0. The average molecular weight is 293 g/mol. The lowest BCUT2D eigenvalue weighted by atomic mass is 10.2. The molecule has 21 heavy (non-hydrogen) atoms. The molecule has 3 heteroatoms. The Morgan fingerprint density at radius 3 is 1.38 bits per heavy atom. The van der Waals surface area contributed by atoms with Crippen LogP contribution in [0.5, 0.6) is 0 Å². The van der Waals surface area contributed by atoms with Crippen LogP contribution in [0, 0.1) is 22.7 Å². The van der Waals surface area contributed by atoms with Crippen LogP contribution in [-0.2, 0) is 12.3 Å². The van der Waals surface area contributed by atoms with Gasteiger partial charge in [-0.05, 0) is 11.1 Å². The lowest BCUT2D eigenvalue weighted by Crippen LogP contribution is -2.08. The minimum absolute atomic E-state index is 0.504. The van der Waals surface area contributed by atoms with Crippen LogP contribution in [0.1, 0.15) is 11.1 Å². The molecule has 0 fully saturated rings. The molecule has 0 aliphatic heterocycles. The quantitative estimate of drug-likeness (QED) is 0.739. The molecule has 0 bridgehead atoms. The van der Waals surface area contributed by atoms with Gasteiger partial charge < -0.3 is 0 Å². The molecule has 0 heterocycles. The van der Waals surface area contributed by atoms with Crippen molar-refractivity contribution in [2.24, 2.45) is 0 Å². The van der Waals surface area contributed by atoms with Crippen LogP contribution in [-0.4, -0.2) is 12.3 Å². The van der Waals surface area contributed by atoms with Gasteiger partial charge in [-0.15, -0.1) is 0 Å². The number of hydrogen-bond acceptors (Lipinski definition) is 2. The van der Waals surface area contributed by atoms with Gasteiger partial charge in [-0.1, -0.05) is 60.7 Å². The predicted octanol–water partition coefficient (Wildman–Crippen LogP) is 4.45. The monoisotopic (exact) mass is 293 g/mol. The highest BCUT2D eigenvalue weighted by molar-refractivity contribution is 7.74. The average Bonchev–Trinajstić information content (AvgIpc) is 2.50. The van der Waals surface area contributed by atoms with E-state index in [1.54, 1.807) is 0 Å². The number of nitrogens with zero attached hydrogens (tertiary/aromatic N) is 2. The van der Waals surface area contributed by atoms with Crippen LogP contribution in [0.25, 0.3) is 0 Å². The van der Waals surface area contributed by atoms with Crippen LogP contribution in [0.2, 0.25) is 0 Å². The van der Waals surface area contributed by atoms with E-state index in [-0.39, 0.29) is 0 Å². The molecule has 2 nitrogen and oxygen atoms in total. The largest absolute Gasteiger partial charge is 0.194 e. The number of nitriles is 2. The molecule has 0 atom stereocenters. The minimum Gasteiger partial charge on any atom is -0.194 e. The molecule has 0 spiro atoms. The van der Waals surface area contributed by atoms with E-state index in [1.165, 1.54) is 11.1 Å².